The molecule has 1 heterocycles. The van der Waals surface area contributed by atoms with Gasteiger partial charge >= 0.3 is 0 Å². The lowest BCUT2D eigenvalue weighted by Gasteiger charge is -2.14. The molecule has 2 rings (SSSR count). The third-order valence-electron chi connectivity index (χ3n) is 2.83. The number of halogens is 2. The zero-order chi connectivity index (χ0) is 13.8. The summed E-state index contributed by atoms with van der Waals surface area (Å²) in [5, 5.41) is 4.01. The number of ether oxygens (including phenoxy) is 1. The summed E-state index contributed by atoms with van der Waals surface area (Å²) in [6.45, 7) is 0.536. The van der Waals surface area contributed by atoms with Crippen molar-refractivity contribution in [3.05, 3.63) is 44.3 Å². The number of hydrogen-bond donors (Lipinski definition) is 1. The summed E-state index contributed by atoms with van der Waals surface area (Å²) in [6, 6.07) is 3.73. The minimum absolute atomic E-state index is 0.181. The second kappa shape index (κ2) is 6.57. The molecule has 1 aromatic heterocycles. The quantitative estimate of drug-likeness (QED) is 0.914. The highest BCUT2D eigenvalue weighted by Gasteiger charge is 2.16. The number of rotatable bonds is 5. The van der Waals surface area contributed by atoms with Crippen LogP contribution < -0.4 is 10.5 Å². The average molecular weight is 317 g/mol. The number of aromatic nitrogens is 1. The summed E-state index contributed by atoms with van der Waals surface area (Å²) in [6.07, 6.45) is 2.55. The van der Waals surface area contributed by atoms with Gasteiger partial charge in [-0.05, 0) is 24.1 Å². The van der Waals surface area contributed by atoms with Gasteiger partial charge in [0.25, 0.3) is 0 Å². The van der Waals surface area contributed by atoms with Crippen molar-refractivity contribution < 1.29 is 4.74 Å². The molecule has 2 aromatic rings. The summed E-state index contributed by atoms with van der Waals surface area (Å²) < 4.78 is 5.14. The number of thiazole rings is 1. The maximum absolute atomic E-state index is 6.13. The van der Waals surface area contributed by atoms with Gasteiger partial charge < -0.3 is 10.5 Å². The number of methoxy groups -OCH3 is 1. The zero-order valence-corrected chi connectivity index (χ0v) is 12.7. The number of nitrogens with zero attached hydrogens (tertiary/aromatic N) is 1. The van der Waals surface area contributed by atoms with Crippen LogP contribution in [-0.2, 0) is 6.42 Å². The minimum atomic E-state index is 0.181. The Bertz CT molecular complexity index is 523. The Morgan fingerprint density at radius 3 is 2.53 bits per heavy atom. The third kappa shape index (κ3) is 3.39. The van der Waals surface area contributed by atoms with E-state index in [0.717, 1.165) is 17.0 Å². The molecule has 1 atom stereocenters. The Morgan fingerprint density at radius 2 is 2.05 bits per heavy atom. The van der Waals surface area contributed by atoms with Crippen LogP contribution in [0.3, 0.4) is 0 Å². The molecule has 0 aliphatic heterocycles. The molecule has 19 heavy (non-hydrogen) atoms. The van der Waals surface area contributed by atoms with E-state index in [4.69, 9.17) is 33.7 Å². The Labute approximate surface area is 126 Å². The SMILES string of the molecule is COc1c(Cl)cc(CC(CN)c2nccs2)cc1Cl. The average Bonchev–Trinajstić information content (AvgIpc) is 2.89. The van der Waals surface area contributed by atoms with E-state index in [1.165, 1.54) is 0 Å². The molecule has 0 radical (unpaired) electrons. The Kier molecular flexibility index (Phi) is 5.05. The van der Waals surface area contributed by atoms with Gasteiger partial charge in [-0.15, -0.1) is 11.3 Å². The molecular formula is C13H14Cl2N2OS. The van der Waals surface area contributed by atoms with E-state index < -0.39 is 0 Å². The molecule has 0 bridgehead atoms. The van der Waals surface area contributed by atoms with Crippen LogP contribution in [0.15, 0.2) is 23.7 Å². The van der Waals surface area contributed by atoms with E-state index in [2.05, 4.69) is 4.98 Å². The summed E-state index contributed by atoms with van der Waals surface area (Å²) in [5.74, 6) is 0.686. The van der Waals surface area contributed by atoms with E-state index in [1.807, 2.05) is 17.5 Å². The van der Waals surface area contributed by atoms with Crippen molar-refractivity contribution in [3.63, 3.8) is 0 Å². The van der Waals surface area contributed by atoms with Gasteiger partial charge in [-0.3, -0.25) is 0 Å². The molecule has 0 aliphatic rings. The van der Waals surface area contributed by atoms with Crippen LogP contribution in [0.1, 0.15) is 16.5 Å². The predicted molar refractivity (Wildman–Crippen MR) is 80.6 cm³/mol. The van der Waals surface area contributed by atoms with Gasteiger partial charge in [-0.25, -0.2) is 4.98 Å². The third-order valence-corrected chi connectivity index (χ3v) is 4.33. The lowest BCUT2D eigenvalue weighted by molar-refractivity contribution is 0.415. The molecule has 0 amide bonds. The van der Waals surface area contributed by atoms with Gasteiger partial charge in [0.15, 0.2) is 5.75 Å². The molecule has 0 fully saturated rings. The number of hydrogen-bond acceptors (Lipinski definition) is 4. The first-order chi connectivity index (χ1) is 9.15. The molecule has 1 unspecified atom stereocenters. The van der Waals surface area contributed by atoms with Gasteiger partial charge in [0, 0.05) is 24.0 Å². The first-order valence-electron chi connectivity index (χ1n) is 5.77. The second-order valence-electron chi connectivity index (χ2n) is 4.10. The highest BCUT2D eigenvalue weighted by atomic mass is 35.5. The predicted octanol–water partition coefficient (Wildman–Crippen LogP) is 3.74. The van der Waals surface area contributed by atoms with Crippen LogP contribution in [0.4, 0.5) is 0 Å². The van der Waals surface area contributed by atoms with E-state index in [1.54, 1.807) is 24.6 Å². The summed E-state index contributed by atoms with van der Waals surface area (Å²) in [7, 11) is 1.55. The molecule has 0 aliphatic carbocycles. The lowest BCUT2D eigenvalue weighted by Crippen LogP contribution is -2.14. The Morgan fingerprint density at radius 1 is 1.37 bits per heavy atom. The smallest absolute Gasteiger partial charge is 0.156 e. The fourth-order valence-corrected chi connectivity index (χ4v) is 3.36. The monoisotopic (exact) mass is 316 g/mol. The standard InChI is InChI=1S/C13H14Cl2N2OS/c1-18-12-10(14)5-8(6-11(12)15)4-9(7-16)13-17-2-3-19-13/h2-3,5-6,9H,4,7,16H2,1H3. The van der Waals surface area contributed by atoms with Crippen molar-refractivity contribution in [1.29, 1.82) is 0 Å². The number of nitrogens with two attached hydrogens (primary N) is 1. The van der Waals surface area contributed by atoms with Gasteiger partial charge in [0.2, 0.25) is 0 Å². The Balaban J connectivity index is 2.23. The van der Waals surface area contributed by atoms with Crippen LogP contribution in [0.5, 0.6) is 5.75 Å². The number of benzene rings is 1. The summed E-state index contributed by atoms with van der Waals surface area (Å²) in [5.41, 5.74) is 6.85. The van der Waals surface area contributed by atoms with E-state index in [0.29, 0.717) is 22.3 Å². The van der Waals surface area contributed by atoms with Crippen molar-refractivity contribution in [2.45, 2.75) is 12.3 Å². The lowest BCUT2D eigenvalue weighted by atomic mass is 10.00. The summed E-state index contributed by atoms with van der Waals surface area (Å²) in [4.78, 5) is 4.31. The minimum Gasteiger partial charge on any atom is -0.494 e. The van der Waals surface area contributed by atoms with Crippen LogP contribution in [0, 0.1) is 0 Å². The topological polar surface area (TPSA) is 48.1 Å². The maximum Gasteiger partial charge on any atom is 0.156 e. The largest absolute Gasteiger partial charge is 0.494 e. The molecule has 0 spiro atoms. The van der Waals surface area contributed by atoms with Crippen molar-refractivity contribution in [2.24, 2.45) is 5.73 Å². The van der Waals surface area contributed by atoms with Crippen molar-refractivity contribution in [1.82, 2.24) is 4.98 Å². The van der Waals surface area contributed by atoms with Gasteiger partial charge in [-0.2, -0.15) is 0 Å². The highest BCUT2D eigenvalue weighted by molar-refractivity contribution is 7.09. The van der Waals surface area contributed by atoms with Crippen molar-refractivity contribution >= 4 is 34.5 Å². The molecule has 1 aromatic carbocycles. The second-order valence-corrected chi connectivity index (χ2v) is 5.84. The molecule has 2 N–H and O–H groups in total. The van der Waals surface area contributed by atoms with E-state index in [-0.39, 0.29) is 5.92 Å². The van der Waals surface area contributed by atoms with Crippen LogP contribution in [0.2, 0.25) is 10.0 Å². The fourth-order valence-electron chi connectivity index (χ4n) is 1.92. The first kappa shape index (κ1) is 14.6. The molecule has 3 nitrogen and oxygen atoms in total. The molecule has 0 saturated carbocycles. The van der Waals surface area contributed by atoms with Crippen molar-refractivity contribution in [3.8, 4) is 5.75 Å². The van der Waals surface area contributed by atoms with Gasteiger partial charge in [0.1, 0.15) is 0 Å². The molecule has 0 saturated heterocycles. The van der Waals surface area contributed by atoms with Gasteiger partial charge in [-0.1, -0.05) is 23.2 Å². The van der Waals surface area contributed by atoms with E-state index in [9.17, 15) is 0 Å². The first-order valence-corrected chi connectivity index (χ1v) is 7.40. The fraction of sp³-hybridized carbons (Fsp3) is 0.308. The molecular weight excluding hydrogens is 303 g/mol. The highest BCUT2D eigenvalue weighted by Crippen LogP contribution is 2.35. The van der Waals surface area contributed by atoms with Crippen molar-refractivity contribution in [2.75, 3.05) is 13.7 Å². The zero-order valence-electron chi connectivity index (χ0n) is 10.4. The molecule has 102 valence electrons. The summed E-state index contributed by atoms with van der Waals surface area (Å²) >= 11 is 13.9. The Hall–Kier alpha value is -0.810. The van der Waals surface area contributed by atoms with Crippen LogP contribution >= 0.6 is 34.5 Å². The van der Waals surface area contributed by atoms with Crippen LogP contribution in [-0.4, -0.2) is 18.6 Å². The van der Waals surface area contributed by atoms with E-state index >= 15 is 0 Å². The maximum atomic E-state index is 6.13. The van der Waals surface area contributed by atoms with Crippen LogP contribution in [0.25, 0.3) is 0 Å². The molecule has 6 heteroatoms. The normalized spacial score (nSPS) is 12.4. The van der Waals surface area contributed by atoms with Gasteiger partial charge in [0.05, 0.1) is 22.2 Å².